The maximum absolute atomic E-state index is 13.4. The molecule has 2 aromatic rings. The molecule has 0 unspecified atom stereocenters. The van der Waals surface area contributed by atoms with Crippen LogP contribution < -0.4 is 5.32 Å². The van der Waals surface area contributed by atoms with E-state index < -0.39 is 6.04 Å². The highest BCUT2D eigenvalue weighted by Gasteiger charge is 2.42. The van der Waals surface area contributed by atoms with Crippen molar-refractivity contribution in [1.82, 2.24) is 4.90 Å². The molecule has 1 atom stereocenters. The predicted octanol–water partition coefficient (Wildman–Crippen LogP) is 3.72. The van der Waals surface area contributed by atoms with Crippen LogP contribution in [0.25, 0.3) is 0 Å². The summed E-state index contributed by atoms with van der Waals surface area (Å²) < 4.78 is 13.4. The van der Waals surface area contributed by atoms with Crippen molar-refractivity contribution in [3.8, 4) is 0 Å². The van der Waals surface area contributed by atoms with E-state index in [0.717, 1.165) is 0 Å². The van der Waals surface area contributed by atoms with E-state index in [-0.39, 0.29) is 23.4 Å². The van der Waals surface area contributed by atoms with E-state index in [9.17, 15) is 14.0 Å². The van der Waals surface area contributed by atoms with Gasteiger partial charge in [0, 0.05) is 5.69 Å². The van der Waals surface area contributed by atoms with Crippen molar-refractivity contribution in [2.75, 3.05) is 11.1 Å². The highest BCUT2D eigenvalue weighted by Crippen LogP contribution is 2.40. The maximum atomic E-state index is 13.4. The Bertz CT molecular complexity index is 970. The lowest BCUT2D eigenvalue weighted by Gasteiger charge is -2.33. The van der Waals surface area contributed by atoms with Crippen molar-refractivity contribution in [3.05, 3.63) is 77.2 Å². The molecule has 0 aliphatic carbocycles. The van der Waals surface area contributed by atoms with Gasteiger partial charge in [-0.25, -0.2) is 9.38 Å². The molecule has 5 nitrogen and oxygen atoms in total. The van der Waals surface area contributed by atoms with E-state index in [4.69, 9.17) is 0 Å². The van der Waals surface area contributed by atoms with Crippen LogP contribution in [-0.2, 0) is 9.59 Å². The zero-order valence-electron chi connectivity index (χ0n) is 14.5. The number of halogens is 1. The van der Waals surface area contributed by atoms with E-state index >= 15 is 0 Å². The van der Waals surface area contributed by atoms with Crippen molar-refractivity contribution in [1.29, 1.82) is 0 Å². The molecule has 1 saturated heterocycles. The number of nitrogens with zero attached hydrogens (tertiary/aromatic N) is 2. The van der Waals surface area contributed by atoms with Crippen LogP contribution in [0.5, 0.6) is 0 Å². The summed E-state index contributed by atoms with van der Waals surface area (Å²) >= 11 is 1.34. The molecule has 27 heavy (non-hydrogen) atoms. The number of anilines is 1. The summed E-state index contributed by atoms with van der Waals surface area (Å²) in [6, 6.07) is 14.3. The van der Waals surface area contributed by atoms with Crippen LogP contribution in [0.4, 0.5) is 10.1 Å². The van der Waals surface area contributed by atoms with Crippen LogP contribution >= 0.6 is 11.8 Å². The quantitative estimate of drug-likeness (QED) is 0.881. The summed E-state index contributed by atoms with van der Waals surface area (Å²) in [5.41, 5.74) is 2.24. The van der Waals surface area contributed by atoms with Crippen molar-refractivity contribution < 1.29 is 14.0 Å². The minimum absolute atomic E-state index is 0.120. The molecule has 2 aliphatic rings. The van der Waals surface area contributed by atoms with Crippen molar-refractivity contribution >= 4 is 34.4 Å². The van der Waals surface area contributed by atoms with Gasteiger partial charge in [-0.1, -0.05) is 42.1 Å². The smallest absolute Gasteiger partial charge is 0.255 e. The lowest BCUT2D eigenvalue weighted by molar-refractivity contribution is -0.125. The van der Waals surface area contributed by atoms with E-state index in [2.05, 4.69) is 10.3 Å². The Hall–Kier alpha value is -2.93. The summed E-state index contributed by atoms with van der Waals surface area (Å²) in [4.78, 5) is 31.5. The third-order valence-electron chi connectivity index (χ3n) is 4.45. The SMILES string of the molecule is CC1=C(C(=O)Nc2ccccc2)[C@@H](c2ccc(F)cc2)N2C(=O)CSC2=N1. The van der Waals surface area contributed by atoms with Gasteiger partial charge in [-0.2, -0.15) is 0 Å². The van der Waals surface area contributed by atoms with Crippen LogP contribution in [0.1, 0.15) is 18.5 Å². The fourth-order valence-corrected chi connectivity index (χ4v) is 4.15. The molecule has 1 fully saturated rings. The van der Waals surface area contributed by atoms with Gasteiger partial charge in [0.2, 0.25) is 5.91 Å². The minimum atomic E-state index is -0.635. The Morgan fingerprint density at radius 2 is 1.89 bits per heavy atom. The standard InChI is InChI=1S/C20H16FN3O2S/c1-12-17(19(26)23-15-5-3-2-4-6-15)18(13-7-9-14(21)10-8-13)24-16(25)11-27-20(24)22-12/h2-10,18H,11H2,1H3,(H,23,26)/t18-/m1/s1. The second kappa shape index (κ2) is 7.00. The van der Waals surface area contributed by atoms with Crippen molar-refractivity contribution in [3.63, 3.8) is 0 Å². The minimum Gasteiger partial charge on any atom is -0.322 e. The summed E-state index contributed by atoms with van der Waals surface area (Å²) in [5.74, 6) is -0.551. The fourth-order valence-electron chi connectivity index (χ4n) is 3.21. The molecule has 2 amide bonds. The molecule has 4 rings (SSSR count). The van der Waals surface area contributed by atoms with Gasteiger partial charge in [-0.3, -0.25) is 14.5 Å². The van der Waals surface area contributed by atoms with Gasteiger partial charge in [0.1, 0.15) is 5.82 Å². The zero-order valence-corrected chi connectivity index (χ0v) is 15.3. The number of rotatable bonds is 3. The van der Waals surface area contributed by atoms with Crippen LogP contribution in [0, 0.1) is 5.82 Å². The Kier molecular flexibility index (Phi) is 4.53. The zero-order chi connectivity index (χ0) is 19.0. The molecule has 2 aromatic carbocycles. The Balaban J connectivity index is 1.78. The van der Waals surface area contributed by atoms with Gasteiger partial charge in [-0.15, -0.1) is 0 Å². The lowest BCUT2D eigenvalue weighted by atomic mass is 9.93. The number of nitrogens with one attached hydrogen (secondary N) is 1. The monoisotopic (exact) mass is 381 g/mol. The third-order valence-corrected chi connectivity index (χ3v) is 5.38. The average Bonchev–Trinajstić information content (AvgIpc) is 3.02. The summed E-state index contributed by atoms with van der Waals surface area (Å²) in [5, 5.41) is 3.44. The van der Waals surface area contributed by atoms with Crippen LogP contribution in [0.3, 0.4) is 0 Å². The van der Waals surface area contributed by atoms with Crippen molar-refractivity contribution in [2.45, 2.75) is 13.0 Å². The fraction of sp³-hybridized carbons (Fsp3) is 0.150. The molecule has 136 valence electrons. The Morgan fingerprint density at radius 3 is 2.59 bits per heavy atom. The molecule has 0 bridgehead atoms. The van der Waals surface area contributed by atoms with Gasteiger partial charge >= 0.3 is 0 Å². The predicted molar refractivity (Wildman–Crippen MR) is 104 cm³/mol. The van der Waals surface area contributed by atoms with E-state index in [1.165, 1.54) is 28.8 Å². The number of carbonyl (C=O) groups excluding carboxylic acids is 2. The number of benzene rings is 2. The molecule has 0 aromatic heterocycles. The van der Waals surface area contributed by atoms with Gasteiger partial charge in [0.05, 0.1) is 23.1 Å². The van der Waals surface area contributed by atoms with Crippen LogP contribution in [0.2, 0.25) is 0 Å². The number of thioether (sulfide) groups is 1. The molecular formula is C20H16FN3O2S. The van der Waals surface area contributed by atoms with Gasteiger partial charge in [0.15, 0.2) is 5.17 Å². The van der Waals surface area contributed by atoms with Crippen molar-refractivity contribution in [2.24, 2.45) is 4.99 Å². The maximum Gasteiger partial charge on any atom is 0.255 e. The number of allylic oxidation sites excluding steroid dienone is 1. The van der Waals surface area contributed by atoms with Crippen LogP contribution in [-0.4, -0.2) is 27.6 Å². The highest BCUT2D eigenvalue weighted by molar-refractivity contribution is 8.15. The number of para-hydroxylation sites is 1. The average molecular weight is 381 g/mol. The summed E-state index contributed by atoms with van der Waals surface area (Å²) in [6.07, 6.45) is 0. The number of hydrogen-bond donors (Lipinski definition) is 1. The molecular weight excluding hydrogens is 365 g/mol. The number of hydrogen-bond acceptors (Lipinski definition) is 4. The lowest BCUT2D eigenvalue weighted by Crippen LogP contribution is -2.40. The summed E-state index contributed by atoms with van der Waals surface area (Å²) in [7, 11) is 0. The first-order valence-electron chi connectivity index (χ1n) is 8.41. The molecule has 7 heteroatoms. The second-order valence-corrected chi connectivity index (χ2v) is 7.16. The number of amides is 2. The van der Waals surface area contributed by atoms with E-state index in [1.807, 2.05) is 18.2 Å². The molecule has 0 spiro atoms. The number of fused-ring (bicyclic) bond motifs is 1. The molecule has 0 radical (unpaired) electrons. The molecule has 1 N–H and O–H groups in total. The first kappa shape index (κ1) is 17.5. The van der Waals surface area contributed by atoms with E-state index in [1.54, 1.807) is 31.2 Å². The topological polar surface area (TPSA) is 61.8 Å². The second-order valence-electron chi connectivity index (χ2n) is 6.22. The number of amidine groups is 1. The van der Waals surface area contributed by atoms with Gasteiger partial charge in [0.25, 0.3) is 5.91 Å². The largest absolute Gasteiger partial charge is 0.322 e. The Morgan fingerprint density at radius 1 is 1.19 bits per heavy atom. The van der Waals surface area contributed by atoms with Gasteiger partial charge < -0.3 is 5.32 Å². The highest BCUT2D eigenvalue weighted by atomic mass is 32.2. The molecule has 0 saturated carbocycles. The van der Waals surface area contributed by atoms with Crippen LogP contribution in [0.15, 0.2) is 70.9 Å². The van der Waals surface area contributed by atoms with E-state index in [0.29, 0.717) is 27.7 Å². The normalized spacial score (nSPS) is 19.0. The number of carbonyl (C=O) groups is 2. The third kappa shape index (κ3) is 3.26. The first-order chi connectivity index (χ1) is 13.0. The summed E-state index contributed by atoms with van der Waals surface area (Å²) in [6.45, 7) is 1.75. The van der Waals surface area contributed by atoms with Gasteiger partial charge in [-0.05, 0) is 36.8 Å². The number of aliphatic imine (C=N–C) groups is 1. The Labute approximate surface area is 160 Å². The molecule has 2 aliphatic heterocycles. The first-order valence-corrected chi connectivity index (χ1v) is 9.39. The molecule has 2 heterocycles.